The average molecular weight is 255 g/mol. The molecular weight excluding hydrogens is 226 g/mol. The zero-order valence-corrected chi connectivity index (χ0v) is 12.2. The first kappa shape index (κ1) is 14.3. The van der Waals surface area contributed by atoms with Crippen molar-refractivity contribution in [3.63, 3.8) is 0 Å². The minimum absolute atomic E-state index is 0.0283. The Morgan fingerprint density at radius 2 is 2.17 bits per heavy atom. The van der Waals surface area contributed by atoms with Crippen molar-refractivity contribution in [2.75, 3.05) is 40.8 Å². The Balaban J connectivity index is 1.92. The van der Waals surface area contributed by atoms with Gasteiger partial charge >= 0.3 is 0 Å². The maximum Gasteiger partial charge on any atom is 0.0613 e. The number of aliphatic hydroxyl groups is 1. The molecule has 0 bridgehead atoms. The van der Waals surface area contributed by atoms with E-state index in [9.17, 15) is 5.11 Å². The van der Waals surface area contributed by atoms with Crippen molar-refractivity contribution in [3.8, 4) is 0 Å². The molecule has 3 atom stereocenters. The molecule has 1 aliphatic heterocycles. The van der Waals surface area contributed by atoms with Crippen LogP contribution in [0.4, 0.5) is 0 Å². The van der Waals surface area contributed by atoms with E-state index in [2.05, 4.69) is 29.2 Å². The van der Waals surface area contributed by atoms with Gasteiger partial charge in [0.25, 0.3) is 0 Å². The second kappa shape index (κ2) is 5.87. The molecule has 106 valence electrons. The molecule has 0 aromatic carbocycles. The molecule has 18 heavy (non-hydrogen) atoms. The first-order valence-corrected chi connectivity index (χ1v) is 7.30. The van der Waals surface area contributed by atoms with Gasteiger partial charge in [-0.3, -0.25) is 4.90 Å². The third kappa shape index (κ3) is 2.87. The zero-order chi connectivity index (χ0) is 13.2. The highest BCUT2D eigenvalue weighted by Gasteiger charge is 2.40. The molecule has 0 aromatic heterocycles. The van der Waals surface area contributed by atoms with Crippen molar-refractivity contribution in [3.05, 3.63) is 0 Å². The van der Waals surface area contributed by atoms with Crippen LogP contribution in [-0.2, 0) is 0 Å². The van der Waals surface area contributed by atoms with Gasteiger partial charge in [-0.2, -0.15) is 0 Å². The topological polar surface area (TPSA) is 38.7 Å². The Hall–Kier alpha value is -0.160. The molecule has 1 saturated carbocycles. The fourth-order valence-electron chi connectivity index (χ4n) is 3.67. The summed E-state index contributed by atoms with van der Waals surface area (Å²) < 4.78 is 0. The van der Waals surface area contributed by atoms with E-state index in [1.165, 1.54) is 32.4 Å². The lowest BCUT2D eigenvalue weighted by Gasteiger charge is -2.39. The molecule has 2 aliphatic rings. The van der Waals surface area contributed by atoms with Crippen molar-refractivity contribution < 1.29 is 5.11 Å². The highest BCUT2D eigenvalue weighted by Crippen LogP contribution is 2.33. The SMILES string of the molecule is CNC1(CO)CCC(N(C)C2CCCN(C)C2)C1. The molecule has 2 fully saturated rings. The summed E-state index contributed by atoms with van der Waals surface area (Å²) in [5.41, 5.74) is -0.0283. The summed E-state index contributed by atoms with van der Waals surface area (Å²) in [7, 11) is 6.48. The van der Waals surface area contributed by atoms with Crippen molar-refractivity contribution >= 4 is 0 Å². The number of piperidine rings is 1. The number of likely N-dealkylation sites (tertiary alicyclic amines) is 1. The van der Waals surface area contributed by atoms with Gasteiger partial charge in [0, 0.05) is 24.2 Å². The van der Waals surface area contributed by atoms with Crippen LogP contribution in [0.3, 0.4) is 0 Å². The molecular formula is C14H29N3O. The van der Waals surface area contributed by atoms with Crippen LogP contribution in [0.2, 0.25) is 0 Å². The zero-order valence-electron chi connectivity index (χ0n) is 12.2. The number of hydrogen-bond acceptors (Lipinski definition) is 4. The number of nitrogens with one attached hydrogen (secondary N) is 1. The molecule has 0 aromatic rings. The van der Waals surface area contributed by atoms with Gasteiger partial charge in [0.1, 0.15) is 0 Å². The molecule has 0 spiro atoms. The predicted molar refractivity (Wildman–Crippen MR) is 74.8 cm³/mol. The summed E-state index contributed by atoms with van der Waals surface area (Å²) >= 11 is 0. The molecule has 0 radical (unpaired) electrons. The number of aliphatic hydroxyl groups excluding tert-OH is 1. The molecule has 3 unspecified atom stereocenters. The number of likely N-dealkylation sites (N-methyl/N-ethyl adjacent to an activating group) is 3. The van der Waals surface area contributed by atoms with Gasteiger partial charge in [0.2, 0.25) is 0 Å². The van der Waals surface area contributed by atoms with E-state index >= 15 is 0 Å². The molecule has 2 rings (SSSR count). The van der Waals surface area contributed by atoms with Gasteiger partial charge in [-0.25, -0.2) is 0 Å². The first-order chi connectivity index (χ1) is 8.60. The van der Waals surface area contributed by atoms with Crippen molar-refractivity contribution in [1.82, 2.24) is 15.1 Å². The smallest absolute Gasteiger partial charge is 0.0613 e. The minimum atomic E-state index is -0.0283. The summed E-state index contributed by atoms with van der Waals surface area (Å²) in [5.74, 6) is 0. The van der Waals surface area contributed by atoms with Crippen LogP contribution in [0.5, 0.6) is 0 Å². The Bertz CT molecular complexity index is 268. The Kier molecular flexibility index (Phi) is 4.64. The first-order valence-electron chi connectivity index (χ1n) is 7.30. The van der Waals surface area contributed by atoms with E-state index in [4.69, 9.17) is 0 Å². The van der Waals surface area contributed by atoms with Gasteiger partial charge < -0.3 is 15.3 Å². The van der Waals surface area contributed by atoms with E-state index in [1.54, 1.807) is 0 Å². The van der Waals surface area contributed by atoms with Crippen LogP contribution in [0.1, 0.15) is 32.1 Å². The monoisotopic (exact) mass is 255 g/mol. The lowest BCUT2D eigenvalue weighted by molar-refractivity contribution is 0.0915. The van der Waals surface area contributed by atoms with Crippen molar-refractivity contribution in [2.45, 2.75) is 49.7 Å². The summed E-state index contributed by atoms with van der Waals surface area (Å²) in [6.45, 7) is 2.70. The van der Waals surface area contributed by atoms with Crippen LogP contribution < -0.4 is 5.32 Å². The maximum absolute atomic E-state index is 9.58. The lowest BCUT2D eigenvalue weighted by Crippen LogP contribution is -2.50. The van der Waals surface area contributed by atoms with E-state index in [-0.39, 0.29) is 12.1 Å². The largest absolute Gasteiger partial charge is 0.394 e. The third-order valence-electron chi connectivity index (χ3n) is 5.17. The van der Waals surface area contributed by atoms with E-state index in [1.807, 2.05) is 7.05 Å². The number of hydrogen-bond donors (Lipinski definition) is 2. The van der Waals surface area contributed by atoms with Gasteiger partial charge in [0.05, 0.1) is 6.61 Å². The maximum atomic E-state index is 9.58. The molecule has 0 amide bonds. The van der Waals surface area contributed by atoms with Gasteiger partial charge in [-0.15, -0.1) is 0 Å². The van der Waals surface area contributed by atoms with Crippen LogP contribution >= 0.6 is 0 Å². The molecule has 1 heterocycles. The van der Waals surface area contributed by atoms with Crippen molar-refractivity contribution in [1.29, 1.82) is 0 Å². The summed E-state index contributed by atoms with van der Waals surface area (Å²) in [6.07, 6.45) is 6.02. The Labute approximate surface area is 111 Å². The van der Waals surface area contributed by atoms with Gasteiger partial charge in [-0.1, -0.05) is 0 Å². The summed E-state index contributed by atoms with van der Waals surface area (Å²) in [4.78, 5) is 5.02. The Morgan fingerprint density at radius 3 is 2.72 bits per heavy atom. The standard InChI is InChI=1S/C14H29N3O/c1-15-14(11-18)7-6-12(9-14)17(3)13-5-4-8-16(2)10-13/h12-13,15,18H,4-11H2,1-3H3. The fourth-order valence-corrected chi connectivity index (χ4v) is 3.67. The van der Waals surface area contributed by atoms with Crippen LogP contribution in [0.25, 0.3) is 0 Å². The summed E-state index contributed by atoms with van der Waals surface area (Å²) in [5, 5.41) is 12.9. The minimum Gasteiger partial charge on any atom is -0.394 e. The highest BCUT2D eigenvalue weighted by molar-refractivity contribution is 4.99. The molecule has 2 N–H and O–H groups in total. The number of rotatable bonds is 4. The van der Waals surface area contributed by atoms with Crippen LogP contribution in [-0.4, -0.2) is 73.4 Å². The van der Waals surface area contributed by atoms with Crippen LogP contribution in [0.15, 0.2) is 0 Å². The molecule has 4 nitrogen and oxygen atoms in total. The fraction of sp³-hybridized carbons (Fsp3) is 1.00. The van der Waals surface area contributed by atoms with E-state index in [0.717, 1.165) is 12.8 Å². The third-order valence-corrected chi connectivity index (χ3v) is 5.17. The van der Waals surface area contributed by atoms with Crippen LogP contribution in [0, 0.1) is 0 Å². The predicted octanol–water partition coefficient (Wildman–Crippen LogP) is 0.515. The van der Waals surface area contributed by atoms with Gasteiger partial charge in [0.15, 0.2) is 0 Å². The lowest BCUT2D eigenvalue weighted by atomic mass is 9.98. The second-order valence-corrected chi connectivity index (χ2v) is 6.31. The van der Waals surface area contributed by atoms with E-state index < -0.39 is 0 Å². The summed E-state index contributed by atoms with van der Waals surface area (Å²) in [6, 6.07) is 1.32. The van der Waals surface area contributed by atoms with Gasteiger partial charge in [-0.05, 0) is 59.8 Å². The Morgan fingerprint density at radius 1 is 1.39 bits per heavy atom. The average Bonchev–Trinajstić information content (AvgIpc) is 2.83. The van der Waals surface area contributed by atoms with Crippen molar-refractivity contribution in [2.24, 2.45) is 0 Å². The quantitative estimate of drug-likeness (QED) is 0.768. The molecule has 1 saturated heterocycles. The molecule has 4 heteroatoms. The molecule has 1 aliphatic carbocycles. The normalized spacial score (nSPS) is 38.5. The number of nitrogens with zero attached hydrogens (tertiary/aromatic N) is 2. The van der Waals surface area contributed by atoms with E-state index in [0.29, 0.717) is 12.1 Å². The highest BCUT2D eigenvalue weighted by atomic mass is 16.3. The second-order valence-electron chi connectivity index (χ2n) is 6.31.